The standard InChI is InChI=1S/C22H18FN5O3/c1-13-11-26-18-19(24-21(26)28(13)16-4-3-5-17(29)10-16)25(2)22(31)27(20(18)30)12-14-6-8-15(23)9-7-14/h3-11,29H,12H2,1-2H3. The lowest BCUT2D eigenvalue weighted by Gasteiger charge is -2.08. The van der Waals surface area contributed by atoms with Gasteiger partial charge < -0.3 is 5.11 Å². The van der Waals surface area contributed by atoms with E-state index in [1.54, 1.807) is 52.5 Å². The second-order valence-corrected chi connectivity index (χ2v) is 7.44. The molecule has 3 heterocycles. The number of hydrogen-bond donors (Lipinski definition) is 1. The average molecular weight is 419 g/mol. The van der Waals surface area contributed by atoms with Crippen LogP contribution in [0.2, 0.25) is 0 Å². The first-order valence-electron chi connectivity index (χ1n) is 9.59. The summed E-state index contributed by atoms with van der Waals surface area (Å²) >= 11 is 0. The SMILES string of the molecule is Cc1cn2c3c(=O)n(Cc4ccc(F)cc4)c(=O)n(C)c3nc2n1-c1cccc(O)c1. The molecule has 0 aliphatic heterocycles. The van der Waals surface area contributed by atoms with E-state index in [2.05, 4.69) is 4.98 Å². The summed E-state index contributed by atoms with van der Waals surface area (Å²) in [5.41, 5.74) is 1.64. The van der Waals surface area contributed by atoms with Crippen molar-refractivity contribution in [2.45, 2.75) is 13.5 Å². The monoisotopic (exact) mass is 419 g/mol. The Labute approximate surface area is 174 Å². The zero-order chi connectivity index (χ0) is 21.9. The molecule has 0 atom stereocenters. The number of halogens is 1. The molecule has 0 saturated carbocycles. The average Bonchev–Trinajstić information content (AvgIpc) is 3.25. The molecule has 1 N–H and O–H groups in total. The first-order valence-corrected chi connectivity index (χ1v) is 9.59. The number of hydrogen-bond acceptors (Lipinski definition) is 4. The topological polar surface area (TPSA) is 86.5 Å². The van der Waals surface area contributed by atoms with E-state index in [9.17, 15) is 19.1 Å². The smallest absolute Gasteiger partial charge is 0.332 e. The summed E-state index contributed by atoms with van der Waals surface area (Å²) < 4.78 is 19.1. The Kier molecular flexibility index (Phi) is 4.07. The van der Waals surface area contributed by atoms with Crippen molar-refractivity contribution in [1.82, 2.24) is 23.1 Å². The number of aromatic nitrogens is 5. The highest BCUT2D eigenvalue weighted by molar-refractivity contribution is 5.76. The Morgan fingerprint density at radius 2 is 1.84 bits per heavy atom. The zero-order valence-electron chi connectivity index (χ0n) is 16.8. The Hall–Kier alpha value is -4.14. The van der Waals surface area contributed by atoms with E-state index in [1.807, 2.05) is 13.0 Å². The minimum Gasteiger partial charge on any atom is -0.508 e. The van der Waals surface area contributed by atoms with Gasteiger partial charge in [0.05, 0.1) is 12.2 Å². The van der Waals surface area contributed by atoms with Gasteiger partial charge in [0.2, 0.25) is 5.78 Å². The predicted molar refractivity (Wildman–Crippen MR) is 113 cm³/mol. The summed E-state index contributed by atoms with van der Waals surface area (Å²) in [6, 6.07) is 12.4. The van der Waals surface area contributed by atoms with E-state index in [0.29, 0.717) is 17.0 Å². The third-order valence-corrected chi connectivity index (χ3v) is 5.37. The minimum absolute atomic E-state index is 0.0151. The molecule has 8 nitrogen and oxygen atoms in total. The number of aromatic hydroxyl groups is 1. The quantitative estimate of drug-likeness (QED) is 0.486. The number of aryl methyl sites for hydroxylation is 2. The highest BCUT2D eigenvalue weighted by Crippen LogP contribution is 2.23. The zero-order valence-corrected chi connectivity index (χ0v) is 16.8. The Balaban J connectivity index is 1.79. The summed E-state index contributed by atoms with van der Waals surface area (Å²) in [7, 11) is 1.56. The fourth-order valence-corrected chi connectivity index (χ4v) is 3.87. The number of rotatable bonds is 3. The van der Waals surface area contributed by atoms with E-state index in [4.69, 9.17) is 0 Å². The molecule has 0 amide bonds. The van der Waals surface area contributed by atoms with Crippen molar-refractivity contribution < 1.29 is 9.50 Å². The molecule has 156 valence electrons. The van der Waals surface area contributed by atoms with Crippen LogP contribution in [0.15, 0.2) is 64.3 Å². The van der Waals surface area contributed by atoms with Crippen LogP contribution in [-0.2, 0) is 13.6 Å². The van der Waals surface area contributed by atoms with Crippen molar-refractivity contribution in [3.8, 4) is 11.4 Å². The molecule has 0 aliphatic rings. The fraction of sp³-hybridized carbons (Fsp3) is 0.136. The molecule has 2 aromatic carbocycles. The second kappa shape index (κ2) is 6.69. The van der Waals surface area contributed by atoms with E-state index >= 15 is 0 Å². The number of phenolic OH excluding ortho intramolecular Hbond substituents is 1. The van der Waals surface area contributed by atoms with Crippen molar-refractivity contribution in [1.29, 1.82) is 0 Å². The maximum atomic E-state index is 13.3. The molecule has 5 aromatic rings. The summed E-state index contributed by atoms with van der Waals surface area (Å²) in [4.78, 5) is 30.8. The van der Waals surface area contributed by atoms with Crippen LogP contribution < -0.4 is 11.2 Å². The van der Waals surface area contributed by atoms with Gasteiger partial charge in [-0.25, -0.2) is 9.18 Å². The van der Waals surface area contributed by atoms with E-state index in [-0.39, 0.29) is 29.3 Å². The van der Waals surface area contributed by atoms with Crippen LogP contribution in [0, 0.1) is 12.7 Å². The summed E-state index contributed by atoms with van der Waals surface area (Å²) in [5.74, 6) is 0.166. The fourth-order valence-electron chi connectivity index (χ4n) is 3.87. The number of phenols is 1. The summed E-state index contributed by atoms with van der Waals surface area (Å²) in [6.07, 6.45) is 1.77. The van der Waals surface area contributed by atoms with Gasteiger partial charge in [0.15, 0.2) is 11.2 Å². The van der Waals surface area contributed by atoms with Crippen molar-refractivity contribution in [2.75, 3.05) is 0 Å². The van der Waals surface area contributed by atoms with Gasteiger partial charge in [-0.2, -0.15) is 4.98 Å². The van der Waals surface area contributed by atoms with Crippen molar-refractivity contribution in [3.63, 3.8) is 0 Å². The summed E-state index contributed by atoms with van der Waals surface area (Å²) in [6.45, 7) is 1.88. The largest absolute Gasteiger partial charge is 0.508 e. The van der Waals surface area contributed by atoms with Gasteiger partial charge in [-0.3, -0.25) is 22.9 Å². The lowest BCUT2D eigenvalue weighted by molar-refractivity contribution is 0.475. The number of nitrogens with zero attached hydrogens (tertiary/aromatic N) is 5. The molecule has 31 heavy (non-hydrogen) atoms. The lowest BCUT2D eigenvalue weighted by Crippen LogP contribution is -2.39. The lowest BCUT2D eigenvalue weighted by atomic mass is 10.2. The molecule has 0 saturated heterocycles. The van der Waals surface area contributed by atoms with Crippen LogP contribution in [0.5, 0.6) is 5.75 Å². The molecule has 0 aliphatic carbocycles. The number of fused-ring (bicyclic) bond motifs is 3. The number of benzene rings is 2. The van der Waals surface area contributed by atoms with Gasteiger partial charge in [-0.05, 0) is 36.8 Å². The first kappa shape index (κ1) is 18.9. The molecule has 0 fully saturated rings. The molecule has 3 aromatic heterocycles. The Bertz CT molecular complexity index is 1590. The van der Waals surface area contributed by atoms with Crippen LogP contribution in [0.1, 0.15) is 11.3 Å². The molecule has 0 bridgehead atoms. The first-order chi connectivity index (χ1) is 14.8. The van der Waals surface area contributed by atoms with Gasteiger partial charge in [0.25, 0.3) is 5.56 Å². The van der Waals surface area contributed by atoms with Gasteiger partial charge >= 0.3 is 5.69 Å². The van der Waals surface area contributed by atoms with Crippen LogP contribution in [0.25, 0.3) is 22.6 Å². The third-order valence-electron chi connectivity index (χ3n) is 5.37. The molecule has 5 rings (SSSR count). The van der Waals surface area contributed by atoms with Gasteiger partial charge in [0.1, 0.15) is 11.6 Å². The van der Waals surface area contributed by atoms with Crippen LogP contribution >= 0.6 is 0 Å². The normalized spacial score (nSPS) is 11.6. The highest BCUT2D eigenvalue weighted by atomic mass is 19.1. The second-order valence-electron chi connectivity index (χ2n) is 7.44. The van der Waals surface area contributed by atoms with Crippen LogP contribution in [0.3, 0.4) is 0 Å². The van der Waals surface area contributed by atoms with E-state index < -0.39 is 11.2 Å². The molecule has 0 unspecified atom stereocenters. The van der Waals surface area contributed by atoms with E-state index in [0.717, 1.165) is 10.3 Å². The Morgan fingerprint density at radius 3 is 2.55 bits per heavy atom. The minimum atomic E-state index is -0.511. The van der Waals surface area contributed by atoms with Crippen molar-refractivity contribution in [2.24, 2.45) is 7.05 Å². The van der Waals surface area contributed by atoms with Gasteiger partial charge in [-0.15, -0.1) is 0 Å². The summed E-state index contributed by atoms with van der Waals surface area (Å²) in [5, 5.41) is 9.87. The van der Waals surface area contributed by atoms with Gasteiger partial charge in [0, 0.05) is 25.0 Å². The highest BCUT2D eigenvalue weighted by Gasteiger charge is 2.21. The molecule has 9 heteroatoms. The van der Waals surface area contributed by atoms with Crippen molar-refractivity contribution in [3.05, 3.63) is 92.6 Å². The maximum Gasteiger partial charge on any atom is 0.332 e. The molecule has 0 radical (unpaired) electrons. The van der Waals surface area contributed by atoms with E-state index in [1.165, 1.54) is 16.7 Å². The molecular weight excluding hydrogens is 401 g/mol. The number of imidazole rings is 2. The molecule has 0 spiro atoms. The van der Waals surface area contributed by atoms with Gasteiger partial charge in [-0.1, -0.05) is 18.2 Å². The predicted octanol–water partition coefficient (Wildman–Crippen LogP) is 2.34. The van der Waals surface area contributed by atoms with Crippen LogP contribution in [0.4, 0.5) is 4.39 Å². The maximum absolute atomic E-state index is 13.3. The van der Waals surface area contributed by atoms with Crippen molar-refractivity contribution >= 4 is 16.9 Å². The van der Waals surface area contributed by atoms with Crippen LogP contribution in [-0.4, -0.2) is 28.2 Å². The Morgan fingerprint density at radius 1 is 1.10 bits per heavy atom. The molecular formula is C22H18FN5O3. The third kappa shape index (κ3) is 2.85.